The molecule has 0 N–H and O–H groups in total. The summed E-state index contributed by atoms with van der Waals surface area (Å²) in [6.07, 6.45) is -4.26. The molecule has 54 valence electrons. The fraction of sp³-hybridized carbons (Fsp3) is 0.750. The van der Waals surface area contributed by atoms with E-state index < -0.39 is 12.8 Å². The molecule has 0 aromatic rings. The van der Waals surface area contributed by atoms with Crippen LogP contribution in [-0.4, -0.2) is 26.2 Å². The van der Waals surface area contributed by atoms with Crippen molar-refractivity contribution in [3.8, 4) is 0 Å². The van der Waals surface area contributed by atoms with E-state index in [1.807, 2.05) is 0 Å². The van der Waals surface area contributed by atoms with Crippen molar-refractivity contribution in [3.63, 3.8) is 0 Å². The summed E-state index contributed by atoms with van der Waals surface area (Å²) in [5.41, 5.74) is 0. The molecule has 2 nitrogen and oxygen atoms in total. The summed E-state index contributed by atoms with van der Waals surface area (Å²) in [5, 5.41) is 0. The van der Waals surface area contributed by atoms with Gasteiger partial charge in [-0.3, -0.25) is 4.99 Å². The maximum absolute atomic E-state index is 11.2. The lowest BCUT2D eigenvalue weighted by Gasteiger charge is -2.03. The maximum atomic E-state index is 11.2. The van der Waals surface area contributed by atoms with E-state index in [9.17, 15) is 13.2 Å². The van der Waals surface area contributed by atoms with Gasteiger partial charge in [0.25, 0.3) is 0 Å². The van der Waals surface area contributed by atoms with Crippen LogP contribution in [-0.2, 0) is 4.74 Å². The first-order valence-electron chi connectivity index (χ1n) is 2.13. The molecule has 0 radical (unpaired) electrons. The van der Waals surface area contributed by atoms with Gasteiger partial charge in [0.1, 0.15) is 13.3 Å². The molecule has 0 heterocycles. The Bertz CT molecular complexity index is 90.3. The fourth-order valence-electron chi connectivity index (χ4n) is 0.226. The van der Waals surface area contributed by atoms with Crippen LogP contribution in [0.1, 0.15) is 0 Å². The normalized spacial score (nSPS) is 11.4. The summed E-state index contributed by atoms with van der Waals surface area (Å²) in [6.45, 7) is 1.37. The molecule has 0 aliphatic rings. The Kier molecular flexibility index (Phi) is 3.22. The minimum atomic E-state index is -4.26. The molecule has 5 heteroatoms. The highest BCUT2D eigenvalue weighted by Crippen LogP contribution is 2.13. The molecule has 0 bridgehead atoms. The lowest BCUT2D eigenvalue weighted by molar-refractivity contribution is -0.173. The molecule has 0 rings (SSSR count). The highest BCUT2D eigenvalue weighted by Gasteiger charge is 2.26. The average molecular weight is 141 g/mol. The Morgan fingerprint density at radius 3 is 2.33 bits per heavy atom. The van der Waals surface area contributed by atoms with E-state index in [2.05, 4.69) is 16.4 Å². The fourth-order valence-corrected chi connectivity index (χ4v) is 0.226. The van der Waals surface area contributed by atoms with E-state index in [1.54, 1.807) is 0 Å². The van der Waals surface area contributed by atoms with Gasteiger partial charge in [0.2, 0.25) is 0 Å². The number of nitrogens with zero attached hydrogens (tertiary/aromatic N) is 1. The monoisotopic (exact) mass is 141 g/mol. The van der Waals surface area contributed by atoms with Crippen LogP contribution in [0.4, 0.5) is 13.2 Å². The van der Waals surface area contributed by atoms with Gasteiger partial charge in [0.05, 0.1) is 0 Å². The number of hydrogen-bond donors (Lipinski definition) is 0. The van der Waals surface area contributed by atoms with Crippen molar-refractivity contribution in [3.05, 3.63) is 0 Å². The SMILES string of the molecule is C=NCOCC(F)(F)F. The van der Waals surface area contributed by atoms with Crippen LogP contribution < -0.4 is 0 Å². The quantitative estimate of drug-likeness (QED) is 0.427. The summed E-state index contributed by atoms with van der Waals surface area (Å²) in [5.74, 6) is 0. The van der Waals surface area contributed by atoms with E-state index >= 15 is 0 Å². The molecule has 0 amide bonds. The van der Waals surface area contributed by atoms with Crippen molar-refractivity contribution >= 4 is 6.72 Å². The van der Waals surface area contributed by atoms with Gasteiger partial charge in [0.15, 0.2) is 0 Å². The molecule has 0 saturated heterocycles. The van der Waals surface area contributed by atoms with Gasteiger partial charge >= 0.3 is 6.18 Å². The van der Waals surface area contributed by atoms with Crippen molar-refractivity contribution in [1.29, 1.82) is 0 Å². The lowest BCUT2D eigenvalue weighted by atomic mass is 10.7. The highest BCUT2D eigenvalue weighted by molar-refractivity contribution is 5.22. The summed E-state index contributed by atoms with van der Waals surface area (Å²) in [7, 11) is 0. The van der Waals surface area contributed by atoms with Gasteiger partial charge < -0.3 is 4.74 Å². The zero-order chi connectivity index (χ0) is 7.33. The molecule has 0 aromatic carbocycles. The smallest absolute Gasteiger partial charge is 0.350 e. The molecular formula is C4H6F3NO. The van der Waals surface area contributed by atoms with Crippen molar-refractivity contribution in [2.75, 3.05) is 13.3 Å². The van der Waals surface area contributed by atoms with Crippen LogP contribution in [0.5, 0.6) is 0 Å². The van der Waals surface area contributed by atoms with Gasteiger partial charge in [0, 0.05) is 0 Å². The standard InChI is InChI=1S/C4H6F3NO/c1-8-3-9-2-4(5,6)7/h1-3H2. The topological polar surface area (TPSA) is 21.6 Å². The van der Waals surface area contributed by atoms with Gasteiger partial charge in [-0.25, -0.2) is 0 Å². The second-order valence-corrected chi connectivity index (χ2v) is 1.32. The molecule has 0 aliphatic carbocycles. The first kappa shape index (κ1) is 8.42. The number of alkyl halides is 3. The van der Waals surface area contributed by atoms with Crippen LogP contribution in [0.3, 0.4) is 0 Å². The van der Waals surface area contributed by atoms with Crippen molar-refractivity contribution < 1.29 is 17.9 Å². The molecular weight excluding hydrogens is 135 g/mol. The van der Waals surface area contributed by atoms with Crippen LogP contribution >= 0.6 is 0 Å². The summed E-state index contributed by atoms with van der Waals surface area (Å²) in [4.78, 5) is 3.07. The third-order valence-electron chi connectivity index (χ3n) is 0.448. The number of rotatable bonds is 3. The van der Waals surface area contributed by atoms with Gasteiger partial charge in [-0.05, 0) is 6.72 Å². The third kappa shape index (κ3) is 7.42. The zero-order valence-corrected chi connectivity index (χ0v) is 4.61. The van der Waals surface area contributed by atoms with E-state index in [4.69, 9.17) is 0 Å². The lowest BCUT2D eigenvalue weighted by Crippen LogP contribution is -2.16. The Morgan fingerprint density at radius 2 is 2.00 bits per heavy atom. The maximum Gasteiger partial charge on any atom is 0.411 e. The number of ether oxygens (including phenoxy) is 1. The Hall–Kier alpha value is -0.580. The molecule has 0 saturated carbocycles. The van der Waals surface area contributed by atoms with Crippen LogP contribution in [0.25, 0.3) is 0 Å². The minimum Gasteiger partial charge on any atom is -0.350 e. The predicted octanol–water partition coefficient (Wildman–Crippen LogP) is 1.22. The zero-order valence-electron chi connectivity index (χ0n) is 4.61. The number of aliphatic imine (C=N–C) groups is 1. The second kappa shape index (κ2) is 3.45. The van der Waals surface area contributed by atoms with E-state index in [0.29, 0.717) is 0 Å². The third-order valence-corrected chi connectivity index (χ3v) is 0.448. The van der Waals surface area contributed by atoms with Gasteiger partial charge in [-0.1, -0.05) is 0 Å². The minimum absolute atomic E-state index is 0.306. The average Bonchev–Trinajstić information content (AvgIpc) is 1.63. The Labute approximate surface area is 50.3 Å². The van der Waals surface area contributed by atoms with E-state index in [1.165, 1.54) is 0 Å². The number of halogens is 3. The molecule has 9 heavy (non-hydrogen) atoms. The summed E-state index contributed by atoms with van der Waals surface area (Å²) < 4.78 is 37.6. The second-order valence-electron chi connectivity index (χ2n) is 1.32. The summed E-state index contributed by atoms with van der Waals surface area (Å²) in [6, 6.07) is 0. The van der Waals surface area contributed by atoms with Crippen LogP contribution in [0, 0.1) is 0 Å². The first-order valence-corrected chi connectivity index (χ1v) is 2.13. The molecule has 0 aromatic heterocycles. The molecule has 0 spiro atoms. The predicted molar refractivity (Wildman–Crippen MR) is 26.4 cm³/mol. The van der Waals surface area contributed by atoms with Crippen LogP contribution in [0.15, 0.2) is 4.99 Å². The van der Waals surface area contributed by atoms with Crippen molar-refractivity contribution in [2.24, 2.45) is 4.99 Å². The molecule has 0 unspecified atom stereocenters. The highest BCUT2D eigenvalue weighted by atomic mass is 19.4. The Balaban J connectivity index is 3.17. The van der Waals surface area contributed by atoms with Crippen LogP contribution in [0.2, 0.25) is 0 Å². The number of hydrogen-bond acceptors (Lipinski definition) is 2. The van der Waals surface area contributed by atoms with E-state index in [0.717, 1.165) is 0 Å². The van der Waals surface area contributed by atoms with Gasteiger partial charge in [-0.2, -0.15) is 13.2 Å². The molecule has 0 aliphatic heterocycles. The molecule has 0 atom stereocenters. The first-order chi connectivity index (χ1) is 4.06. The van der Waals surface area contributed by atoms with Gasteiger partial charge in [-0.15, -0.1) is 0 Å². The largest absolute Gasteiger partial charge is 0.411 e. The Morgan fingerprint density at radius 1 is 1.44 bits per heavy atom. The summed E-state index contributed by atoms with van der Waals surface area (Å²) >= 11 is 0. The molecule has 0 fully saturated rings. The van der Waals surface area contributed by atoms with Crippen molar-refractivity contribution in [1.82, 2.24) is 0 Å². The van der Waals surface area contributed by atoms with E-state index in [-0.39, 0.29) is 6.73 Å². The van der Waals surface area contributed by atoms with Crippen molar-refractivity contribution in [2.45, 2.75) is 6.18 Å².